The molecule has 1 aliphatic rings. The number of hydrazine groups is 2. The maximum absolute atomic E-state index is 3.62. The molecule has 88 valence electrons. The molecule has 0 amide bonds. The van der Waals surface area contributed by atoms with Gasteiger partial charge in [-0.1, -0.05) is 19.4 Å². The van der Waals surface area contributed by atoms with E-state index in [0.29, 0.717) is 0 Å². The van der Waals surface area contributed by atoms with E-state index < -0.39 is 0 Å². The lowest BCUT2D eigenvalue weighted by atomic mass is 10.2. The highest BCUT2D eigenvalue weighted by Gasteiger charge is 2.25. The van der Waals surface area contributed by atoms with Crippen LogP contribution in [0.5, 0.6) is 0 Å². The van der Waals surface area contributed by atoms with Crippen LogP contribution < -0.4 is 15.6 Å². The Morgan fingerprint density at radius 2 is 2.06 bits per heavy atom. The smallest absolute Gasteiger partial charge is 0.0927 e. The Kier molecular flexibility index (Phi) is 3.71. The molecule has 0 aromatic heterocycles. The normalized spacial score (nSPS) is 14.4. The first kappa shape index (κ1) is 11.7. The van der Waals surface area contributed by atoms with Crippen molar-refractivity contribution in [2.24, 2.45) is 0 Å². The topological polar surface area (TPSA) is 18.5 Å². The fourth-order valence-electron chi connectivity index (χ4n) is 1.95. The summed E-state index contributed by atoms with van der Waals surface area (Å²) >= 11 is 3.62. The van der Waals surface area contributed by atoms with E-state index in [4.69, 9.17) is 0 Å². The van der Waals surface area contributed by atoms with Gasteiger partial charge in [0.2, 0.25) is 0 Å². The van der Waals surface area contributed by atoms with Gasteiger partial charge >= 0.3 is 0 Å². The van der Waals surface area contributed by atoms with Crippen molar-refractivity contribution < 1.29 is 0 Å². The molecule has 1 heterocycles. The minimum absolute atomic E-state index is 0.957. The van der Waals surface area contributed by atoms with Gasteiger partial charge < -0.3 is 0 Å². The lowest BCUT2D eigenvalue weighted by molar-refractivity contribution is 0.602. The van der Waals surface area contributed by atoms with Crippen LogP contribution in [0.4, 0.5) is 11.4 Å². The number of hydrogen-bond acceptors (Lipinski definition) is 3. The summed E-state index contributed by atoms with van der Waals surface area (Å²) in [6.07, 6.45) is 2.42. The van der Waals surface area contributed by atoms with E-state index in [-0.39, 0.29) is 0 Å². The Bertz CT molecular complexity index is 367. The largest absolute Gasteiger partial charge is 0.289 e. The van der Waals surface area contributed by atoms with Crippen LogP contribution >= 0.6 is 15.9 Å². The molecule has 0 saturated carbocycles. The van der Waals surface area contributed by atoms with E-state index in [1.54, 1.807) is 0 Å². The summed E-state index contributed by atoms with van der Waals surface area (Å²) in [5, 5.41) is 4.40. The molecule has 0 spiro atoms. The van der Waals surface area contributed by atoms with E-state index in [9.17, 15) is 0 Å². The highest BCUT2D eigenvalue weighted by molar-refractivity contribution is 9.10. The molecule has 1 aliphatic heterocycles. The Labute approximate surface area is 105 Å². The van der Waals surface area contributed by atoms with Gasteiger partial charge in [0.05, 0.1) is 11.4 Å². The molecule has 0 saturated heterocycles. The number of rotatable bonds is 4. The minimum Gasteiger partial charge on any atom is -0.289 e. The molecular formula is C12H18BrN3. The number of anilines is 2. The van der Waals surface area contributed by atoms with Gasteiger partial charge in [-0.2, -0.15) is 0 Å². The number of fused-ring (bicyclic) bond motifs is 1. The first-order valence-electron chi connectivity index (χ1n) is 5.87. The molecule has 4 heteroatoms. The molecule has 0 bridgehead atoms. The molecule has 0 fully saturated rings. The number of para-hydroxylation sites is 1. The van der Waals surface area contributed by atoms with Crippen LogP contribution in [0.3, 0.4) is 0 Å². The molecule has 1 aromatic rings. The van der Waals surface area contributed by atoms with Crippen molar-refractivity contribution >= 4 is 27.3 Å². The number of benzene rings is 1. The third-order valence-corrected chi connectivity index (χ3v) is 3.46. The quantitative estimate of drug-likeness (QED) is 0.915. The standard InChI is InChI=1S/C12H18BrN3/c1-3-5-9-16-11-8-6-7-10(13)12(11)15(4-2)14-16/h6-8,14H,3-5,9H2,1-2H3. The molecule has 2 rings (SSSR count). The second-order valence-electron chi connectivity index (χ2n) is 3.96. The number of hydrogen-bond donors (Lipinski definition) is 1. The second kappa shape index (κ2) is 5.06. The first-order chi connectivity index (χ1) is 7.77. The molecule has 16 heavy (non-hydrogen) atoms. The van der Waals surface area contributed by atoms with Gasteiger partial charge in [0.15, 0.2) is 0 Å². The summed E-state index contributed by atoms with van der Waals surface area (Å²) in [5.74, 6) is 0. The van der Waals surface area contributed by atoms with Gasteiger partial charge in [-0.05, 0) is 41.4 Å². The summed E-state index contributed by atoms with van der Waals surface area (Å²) in [6.45, 7) is 6.38. The first-order valence-corrected chi connectivity index (χ1v) is 6.67. The predicted molar refractivity (Wildman–Crippen MR) is 72.6 cm³/mol. The molecule has 0 atom stereocenters. The van der Waals surface area contributed by atoms with Crippen LogP contribution in [0.2, 0.25) is 0 Å². The van der Waals surface area contributed by atoms with Crippen LogP contribution in [0.1, 0.15) is 26.7 Å². The van der Waals surface area contributed by atoms with Crippen molar-refractivity contribution in [2.75, 3.05) is 23.1 Å². The van der Waals surface area contributed by atoms with E-state index in [2.05, 4.69) is 63.5 Å². The van der Waals surface area contributed by atoms with Crippen LogP contribution in [0.25, 0.3) is 0 Å². The molecule has 1 aromatic carbocycles. The van der Waals surface area contributed by atoms with E-state index in [1.807, 2.05) is 0 Å². The maximum atomic E-state index is 3.62. The lowest BCUT2D eigenvalue weighted by Gasteiger charge is -2.21. The number of halogens is 1. The zero-order valence-electron chi connectivity index (χ0n) is 9.83. The third kappa shape index (κ3) is 2.04. The maximum Gasteiger partial charge on any atom is 0.0927 e. The highest BCUT2D eigenvalue weighted by atomic mass is 79.9. The lowest BCUT2D eigenvalue weighted by Crippen LogP contribution is -2.44. The molecule has 0 radical (unpaired) electrons. The van der Waals surface area contributed by atoms with Crippen LogP contribution in [0.15, 0.2) is 22.7 Å². The molecule has 1 N–H and O–H groups in total. The van der Waals surface area contributed by atoms with Crippen LogP contribution in [0, 0.1) is 0 Å². The average Bonchev–Trinajstić information content (AvgIpc) is 2.66. The van der Waals surface area contributed by atoms with Gasteiger partial charge in [0, 0.05) is 17.6 Å². The van der Waals surface area contributed by atoms with Crippen molar-refractivity contribution in [3.8, 4) is 0 Å². The molecule has 0 unspecified atom stereocenters. The monoisotopic (exact) mass is 283 g/mol. The number of nitrogens with one attached hydrogen (secondary N) is 1. The van der Waals surface area contributed by atoms with Crippen LogP contribution in [-0.4, -0.2) is 13.1 Å². The zero-order valence-corrected chi connectivity index (χ0v) is 11.4. The van der Waals surface area contributed by atoms with Gasteiger partial charge in [-0.25, -0.2) is 0 Å². The minimum atomic E-state index is 0.957. The van der Waals surface area contributed by atoms with Crippen molar-refractivity contribution in [1.29, 1.82) is 0 Å². The number of unbranched alkanes of at least 4 members (excludes halogenated alkanes) is 1. The van der Waals surface area contributed by atoms with E-state index >= 15 is 0 Å². The van der Waals surface area contributed by atoms with Gasteiger partial charge in [-0.3, -0.25) is 10.0 Å². The summed E-state index contributed by atoms with van der Waals surface area (Å²) in [6, 6.07) is 6.34. The zero-order chi connectivity index (χ0) is 11.5. The third-order valence-electron chi connectivity index (χ3n) is 2.82. The summed E-state index contributed by atoms with van der Waals surface area (Å²) < 4.78 is 1.15. The SMILES string of the molecule is CCCCN1NN(CC)c2c(Br)cccc21. The van der Waals surface area contributed by atoms with Crippen LogP contribution in [-0.2, 0) is 0 Å². The van der Waals surface area contributed by atoms with Crippen molar-refractivity contribution in [3.05, 3.63) is 22.7 Å². The molecule has 0 aliphatic carbocycles. The molecule has 3 nitrogen and oxygen atoms in total. The number of nitrogens with zero attached hydrogens (tertiary/aromatic N) is 2. The fourth-order valence-corrected chi connectivity index (χ4v) is 2.52. The Morgan fingerprint density at radius 1 is 1.25 bits per heavy atom. The van der Waals surface area contributed by atoms with E-state index in [0.717, 1.165) is 17.6 Å². The summed E-state index contributed by atoms with van der Waals surface area (Å²) in [4.78, 5) is 0. The summed E-state index contributed by atoms with van der Waals surface area (Å²) in [5.41, 5.74) is 5.94. The Balaban J connectivity index is 2.27. The second-order valence-corrected chi connectivity index (χ2v) is 4.81. The van der Waals surface area contributed by atoms with Crippen molar-refractivity contribution in [2.45, 2.75) is 26.7 Å². The highest BCUT2D eigenvalue weighted by Crippen LogP contribution is 2.39. The van der Waals surface area contributed by atoms with Gasteiger partial charge in [0.1, 0.15) is 0 Å². The Morgan fingerprint density at radius 3 is 2.75 bits per heavy atom. The Hall–Kier alpha value is -0.740. The van der Waals surface area contributed by atoms with E-state index in [1.165, 1.54) is 24.2 Å². The van der Waals surface area contributed by atoms with Gasteiger partial charge in [-0.15, -0.1) is 5.53 Å². The van der Waals surface area contributed by atoms with Crippen molar-refractivity contribution in [3.63, 3.8) is 0 Å². The fraction of sp³-hybridized carbons (Fsp3) is 0.500. The summed E-state index contributed by atoms with van der Waals surface area (Å²) in [7, 11) is 0. The van der Waals surface area contributed by atoms with Crippen molar-refractivity contribution in [1.82, 2.24) is 5.53 Å². The van der Waals surface area contributed by atoms with Gasteiger partial charge in [0.25, 0.3) is 0 Å². The molecular weight excluding hydrogens is 266 g/mol. The average molecular weight is 284 g/mol. The predicted octanol–water partition coefficient (Wildman–Crippen LogP) is 3.32.